The Labute approximate surface area is 119 Å². The van der Waals surface area contributed by atoms with Crippen LogP contribution in [0.5, 0.6) is 5.75 Å². The van der Waals surface area contributed by atoms with Crippen LogP contribution < -0.4 is 4.74 Å². The van der Waals surface area contributed by atoms with Crippen molar-refractivity contribution in [3.05, 3.63) is 29.8 Å². The van der Waals surface area contributed by atoms with Crippen LogP contribution in [-0.4, -0.2) is 38.7 Å². The van der Waals surface area contributed by atoms with Gasteiger partial charge in [-0.2, -0.15) is 5.26 Å². The lowest BCUT2D eigenvalue weighted by Gasteiger charge is -2.15. The van der Waals surface area contributed by atoms with Crippen molar-refractivity contribution in [2.24, 2.45) is 0 Å². The van der Waals surface area contributed by atoms with E-state index in [1.54, 1.807) is 31.2 Å². The van der Waals surface area contributed by atoms with Crippen molar-refractivity contribution in [3.63, 3.8) is 0 Å². The molecular weight excluding hydrogens is 278 g/mol. The minimum atomic E-state index is -3.19. The molecule has 2 unspecified atom stereocenters. The quantitative estimate of drug-likeness (QED) is 0.823. The molecule has 5 nitrogen and oxygen atoms in total. The van der Waals surface area contributed by atoms with Crippen LogP contribution in [0.2, 0.25) is 0 Å². The van der Waals surface area contributed by atoms with E-state index < -0.39 is 15.1 Å². The molecular formula is C14H17NO4S. The summed E-state index contributed by atoms with van der Waals surface area (Å²) in [6, 6.07) is 8.60. The molecule has 0 spiro atoms. The lowest BCUT2D eigenvalue weighted by atomic mass is 10.2. The summed E-state index contributed by atoms with van der Waals surface area (Å²) in [5.41, 5.74) is 0.543. The van der Waals surface area contributed by atoms with E-state index in [0.717, 1.165) is 0 Å². The fourth-order valence-corrected chi connectivity index (χ4v) is 3.97. The third-order valence-corrected chi connectivity index (χ3v) is 5.67. The Morgan fingerprint density at radius 3 is 2.65 bits per heavy atom. The van der Waals surface area contributed by atoms with Crippen molar-refractivity contribution in [1.82, 2.24) is 0 Å². The van der Waals surface area contributed by atoms with Crippen LogP contribution in [0, 0.1) is 11.3 Å². The van der Waals surface area contributed by atoms with E-state index in [-0.39, 0.29) is 18.5 Å². The van der Waals surface area contributed by atoms with Gasteiger partial charge in [0, 0.05) is 6.61 Å². The largest absolute Gasteiger partial charge is 0.493 e. The number of hydrogen-bond donors (Lipinski definition) is 0. The zero-order chi connectivity index (χ0) is 14.6. The molecule has 1 saturated heterocycles. The Bertz CT molecular complexity index is 589. The molecule has 1 aromatic rings. The summed E-state index contributed by atoms with van der Waals surface area (Å²) < 4.78 is 35.0. The van der Waals surface area contributed by atoms with Crippen LogP contribution in [-0.2, 0) is 14.6 Å². The summed E-state index contributed by atoms with van der Waals surface area (Å²) in [6.45, 7) is 2.40. The first-order valence-electron chi connectivity index (χ1n) is 6.49. The minimum Gasteiger partial charge on any atom is -0.493 e. The van der Waals surface area contributed by atoms with E-state index in [1.165, 1.54) is 0 Å². The van der Waals surface area contributed by atoms with Crippen LogP contribution in [0.1, 0.15) is 18.9 Å². The van der Waals surface area contributed by atoms with Gasteiger partial charge >= 0.3 is 0 Å². The second-order valence-corrected chi connectivity index (χ2v) is 7.09. The van der Waals surface area contributed by atoms with Gasteiger partial charge in [-0.05, 0) is 37.6 Å². The third kappa shape index (κ3) is 3.50. The van der Waals surface area contributed by atoms with E-state index in [0.29, 0.717) is 24.3 Å². The zero-order valence-electron chi connectivity index (χ0n) is 11.3. The average molecular weight is 295 g/mol. The fraction of sp³-hybridized carbons (Fsp3) is 0.500. The van der Waals surface area contributed by atoms with Gasteiger partial charge < -0.3 is 9.47 Å². The molecule has 6 heteroatoms. The number of ether oxygens (including phenoxy) is 2. The molecule has 1 aromatic carbocycles. The molecule has 0 bridgehead atoms. The molecule has 108 valence electrons. The molecule has 0 radical (unpaired) electrons. The first-order valence-corrected chi connectivity index (χ1v) is 8.20. The molecule has 1 heterocycles. The van der Waals surface area contributed by atoms with Gasteiger partial charge in [-0.25, -0.2) is 8.42 Å². The van der Waals surface area contributed by atoms with Crippen molar-refractivity contribution in [2.75, 3.05) is 19.0 Å². The van der Waals surface area contributed by atoms with Crippen LogP contribution in [0.15, 0.2) is 24.3 Å². The maximum atomic E-state index is 12.1. The van der Waals surface area contributed by atoms with E-state index >= 15 is 0 Å². The van der Waals surface area contributed by atoms with Crippen molar-refractivity contribution >= 4 is 9.84 Å². The fourth-order valence-electron chi connectivity index (χ4n) is 2.24. The number of rotatable bonds is 5. The lowest BCUT2D eigenvalue weighted by Crippen LogP contribution is -2.32. The van der Waals surface area contributed by atoms with Crippen molar-refractivity contribution < 1.29 is 17.9 Å². The predicted molar refractivity (Wildman–Crippen MR) is 74.3 cm³/mol. The molecule has 0 N–H and O–H groups in total. The maximum Gasteiger partial charge on any atom is 0.159 e. The third-order valence-electron chi connectivity index (χ3n) is 3.39. The zero-order valence-corrected chi connectivity index (χ0v) is 12.1. The highest BCUT2D eigenvalue weighted by molar-refractivity contribution is 7.92. The summed E-state index contributed by atoms with van der Waals surface area (Å²) in [4.78, 5) is 0. The Morgan fingerprint density at radius 2 is 2.10 bits per heavy atom. The average Bonchev–Trinajstić information content (AvgIpc) is 2.86. The van der Waals surface area contributed by atoms with Gasteiger partial charge in [-0.3, -0.25) is 0 Å². The van der Waals surface area contributed by atoms with Gasteiger partial charge in [0.2, 0.25) is 0 Å². The highest BCUT2D eigenvalue weighted by Crippen LogP contribution is 2.21. The number of sulfone groups is 1. The monoisotopic (exact) mass is 295 g/mol. The Morgan fingerprint density at radius 1 is 1.40 bits per heavy atom. The lowest BCUT2D eigenvalue weighted by molar-refractivity contribution is 0.126. The van der Waals surface area contributed by atoms with Crippen LogP contribution in [0.25, 0.3) is 0 Å². The van der Waals surface area contributed by atoms with Gasteiger partial charge in [-0.15, -0.1) is 0 Å². The van der Waals surface area contributed by atoms with Crippen molar-refractivity contribution in [1.29, 1.82) is 5.26 Å². The first-order chi connectivity index (χ1) is 9.53. The molecule has 0 aromatic heterocycles. The summed E-state index contributed by atoms with van der Waals surface area (Å²) in [5, 5.41) is 8.25. The van der Waals surface area contributed by atoms with Crippen LogP contribution in [0.3, 0.4) is 0 Å². The second-order valence-electron chi connectivity index (χ2n) is 4.75. The smallest absolute Gasteiger partial charge is 0.159 e. The number of hydrogen-bond acceptors (Lipinski definition) is 5. The molecule has 0 amide bonds. The molecule has 0 aliphatic carbocycles. The Hall–Kier alpha value is -1.58. The van der Waals surface area contributed by atoms with E-state index in [9.17, 15) is 8.42 Å². The summed E-state index contributed by atoms with van der Waals surface area (Å²) in [5.74, 6) is 0.542. The van der Waals surface area contributed by atoms with Gasteiger partial charge in [0.25, 0.3) is 0 Å². The molecule has 2 rings (SSSR count). The molecule has 1 aliphatic heterocycles. The number of benzene rings is 1. The SMILES string of the molecule is CC1OCCC1S(=O)(=O)CCOc1ccc(C#N)cc1. The molecule has 0 saturated carbocycles. The van der Waals surface area contributed by atoms with E-state index in [4.69, 9.17) is 14.7 Å². The maximum absolute atomic E-state index is 12.1. The normalized spacial score (nSPS) is 22.4. The Kier molecular flexibility index (Phi) is 4.63. The minimum absolute atomic E-state index is 0.0225. The van der Waals surface area contributed by atoms with Gasteiger partial charge in [0.05, 0.1) is 28.7 Å². The van der Waals surface area contributed by atoms with Crippen LogP contribution in [0.4, 0.5) is 0 Å². The first kappa shape index (κ1) is 14.8. The molecule has 1 fully saturated rings. The van der Waals surface area contributed by atoms with Gasteiger partial charge in [0.1, 0.15) is 12.4 Å². The summed E-state index contributed by atoms with van der Waals surface area (Å²) >= 11 is 0. The topological polar surface area (TPSA) is 76.4 Å². The number of nitriles is 1. The second kappa shape index (κ2) is 6.25. The summed E-state index contributed by atoms with van der Waals surface area (Å²) in [6.07, 6.45) is 0.315. The number of nitrogens with zero attached hydrogens (tertiary/aromatic N) is 1. The molecule has 1 aliphatic rings. The highest BCUT2D eigenvalue weighted by Gasteiger charge is 2.35. The van der Waals surface area contributed by atoms with Gasteiger partial charge in [-0.1, -0.05) is 0 Å². The van der Waals surface area contributed by atoms with E-state index in [2.05, 4.69) is 0 Å². The van der Waals surface area contributed by atoms with Crippen molar-refractivity contribution in [3.8, 4) is 11.8 Å². The van der Waals surface area contributed by atoms with Crippen molar-refractivity contribution in [2.45, 2.75) is 24.7 Å². The van der Waals surface area contributed by atoms with Gasteiger partial charge in [0.15, 0.2) is 9.84 Å². The summed E-state index contributed by atoms with van der Waals surface area (Å²) in [7, 11) is -3.19. The highest BCUT2D eigenvalue weighted by atomic mass is 32.2. The Balaban J connectivity index is 1.87. The molecule has 20 heavy (non-hydrogen) atoms. The van der Waals surface area contributed by atoms with E-state index in [1.807, 2.05) is 6.07 Å². The molecule has 2 atom stereocenters. The van der Waals surface area contributed by atoms with Crippen LogP contribution >= 0.6 is 0 Å². The predicted octanol–water partition coefficient (Wildman–Crippen LogP) is 1.53. The standard InChI is InChI=1S/C14H17NO4S/c1-11-14(6-7-18-11)20(16,17)9-8-19-13-4-2-12(10-15)3-5-13/h2-5,11,14H,6-9H2,1H3.